The first-order chi connectivity index (χ1) is 5.91. The first-order valence-corrected chi connectivity index (χ1v) is 4.63. The van der Waals surface area contributed by atoms with Crippen molar-refractivity contribution in [2.75, 3.05) is 0 Å². The van der Waals surface area contributed by atoms with Crippen molar-refractivity contribution in [1.29, 1.82) is 0 Å². The Morgan fingerprint density at radius 3 is 1.77 bits per heavy atom. The highest BCUT2D eigenvalue weighted by Crippen LogP contribution is 2.36. The van der Waals surface area contributed by atoms with Gasteiger partial charge in [-0.3, -0.25) is 0 Å². The topological polar surface area (TPSA) is 9.23 Å². The van der Waals surface area contributed by atoms with Gasteiger partial charge in [0.1, 0.15) is 0 Å². The van der Waals surface area contributed by atoms with Crippen LogP contribution in [0.5, 0.6) is 0 Å². The van der Waals surface area contributed by atoms with Gasteiger partial charge in [-0.05, 0) is 19.3 Å². The Labute approximate surface area is 77.3 Å². The minimum atomic E-state index is -4.19. The van der Waals surface area contributed by atoms with E-state index >= 15 is 0 Å². The molecule has 1 aliphatic heterocycles. The molecule has 3 unspecified atom stereocenters. The molecule has 3 atom stereocenters. The maximum atomic E-state index is 12.1. The molecule has 1 heterocycles. The molecule has 1 aliphatic rings. The van der Waals surface area contributed by atoms with Crippen LogP contribution in [0.25, 0.3) is 0 Å². The maximum absolute atomic E-state index is 12.1. The molecule has 0 radical (unpaired) electrons. The quantitative estimate of drug-likeness (QED) is 0.579. The van der Waals surface area contributed by atoms with Gasteiger partial charge in [0, 0.05) is 0 Å². The van der Waals surface area contributed by atoms with Crippen molar-refractivity contribution < 1.29 is 17.9 Å². The Balaban J connectivity index is 0.000000671. The van der Waals surface area contributed by atoms with E-state index in [-0.39, 0.29) is 6.10 Å². The summed E-state index contributed by atoms with van der Waals surface area (Å²) in [6.45, 7) is 7.24. The number of ether oxygens (including phenoxy) is 1. The molecule has 13 heavy (non-hydrogen) atoms. The molecule has 1 nitrogen and oxygen atoms in total. The third-order valence-corrected chi connectivity index (χ3v) is 1.92. The van der Waals surface area contributed by atoms with Crippen molar-refractivity contribution in [2.45, 2.75) is 52.5 Å². The first kappa shape index (κ1) is 12.8. The lowest BCUT2D eigenvalue weighted by molar-refractivity contribution is -0.221. The Kier molecular flexibility index (Phi) is 4.75. The standard InChI is InChI=1S/C7H11F3O.C2H6/c1-4-3-5(2)11-6(4)7(8,9)10;1-2/h4-6H,3H2,1-2H3;1-2H3. The van der Waals surface area contributed by atoms with Crippen LogP contribution in [-0.2, 0) is 4.74 Å². The van der Waals surface area contributed by atoms with Crippen LogP contribution in [0.1, 0.15) is 34.1 Å². The molecule has 0 amide bonds. The summed E-state index contributed by atoms with van der Waals surface area (Å²) in [5, 5.41) is 0. The van der Waals surface area contributed by atoms with Crippen LogP contribution < -0.4 is 0 Å². The molecule has 0 bridgehead atoms. The van der Waals surface area contributed by atoms with E-state index in [1.807, 2.05) is 13.8 Å². The zero-order valence-electron chi connectivity index (χ0n) is 8.48. The predicted molar refractivity (Wildman–Crippen MR) is 45.5 cm³/mol. The third-order valence-electron chi connectivity index (χ3n) is 1.92. The summed E-state index contributed by atoms with van der Waals surface area (Å²) in [6.07, 6.45) is -5.48. The summed E-state index contributed by atoms with van der Waals surface area (Å²) in [4.78, 5) is 0. The zero-order valence-corrected chi connectivity index (χ0v) is 8.48. The van der Waals surface area contributed by atoms with Crippen molar-refractivity contribution in [3.8, 4) is 0 Å². The third kappa shape index (κ3) is 3.55. The van der Waals surface area contributed by atoms with Crippen LogP contribution in [0.2, 0.25) is 0 Å². The minimum absolute atomic E-state index is 0.253. The van der Waals surface area contributed by atoms with E-state index in [2.05, 4.69) is 0 Å². The van der Waals surface area contributed by atoms with Crippen LogP contribution >= 0.6 is 0 Å². The van der Waals surface area contributed by atoms with Gasteiger partial charge in [-0.2, -0.15) is 13.2 Å². The Hall–Kier alpha value is -0.250. The van der Waals surface area contributed by atoms with Gasteiger partial charge in [0.15, 0.2) is 6.10 Å². The lowest BCUT2D eigenvalue weighted by Gasteiger charge is -2.17. The lowest BCUT2D eigenvalue weighted by Crippen LogP contribution is -2.32. The highest BCUT2D eigenvalue weighted by atomic mass is 19.4. The molecule has 80 valence electrons. The minimum Gasteiger partial charge on any atom is -0.366 e. The monoisotopic (exact) mass is 198 g/mol. The summed E-state index contributed by atoms with van der Waals surface area (Å²) >= 11 is 0. The number of alkyl halides is 3. The van der Waals surface area contributed by atoms with Gasteiger partial charge in [-0.25, -0.2) is 0 Å². The summed E-state index contributed by atoms with van der Waals surface area (Å²) in [5.74, 6) is -0.398. The summed E-state index contributed by atoms with van der Waals surface area (Å²) in [7, 11) is 0. The van der Waals surface area contributed by atoms with Crippen LogP contribution in [0.4, 0.5) is 13.2 Å². The fourth-order valence-electron chi connectivity index (χ4n) is 1.49. The smallest absolute Gasteiger partial charge is 0.366 e. The fourth-order valence-corrected chi connectivity index (χ4v) is 1.49. The molecule has 1 rings (SSSR count). The first-order valence-electron chi connectivity index (χ1n) is 4.63. The average Bonchev–Trinajstić information content (AvgIpc) is 2.33. The van der Waals surface area contributed by atoms with Crippen LogP contribution in [0, 0.1) is 5.92 Å². The number of hydrogen-bond acceptors (Lipinski definition) is 1. The van der Waals surface area contributed by atoms with E-state index in [4.69, 9.17) is 4.74 Å². The van der Waals surface area contributed by atoms with E-state index in [1.54, 1.807) is 13.8 Å². The number of rotatable bonds is 0. The largest absolute Gasteiger partial charge is 0.414 e. The highest BCUT2D eigenvalue weighted by Gasteiger charge is 2.48. The molecule has 0 aliphatic carbocycles. The molecular weight excluding hydrogens is 181 g/mol. The number of hydrogen-bond donors (Lipinski definition) is 0. The second kappa shape index (κ2) is 4.84. The van der Waals surface area contributed by atoms with Crippen molar-refractivity contribution in [3.05, 3.63) is 0 Å². The summed E-state index contributed by atoms with van der Waals surface area (Å²) in [6, 6.07) is 0. The van der Waals surface area contributed by atoms with Crippen molar-refractivity contribution >= 4 is 0 Å². The average molecular weight is 198 g/mol. The molecule has 1 fully saturated rings. The molecule has 0 aromatic rings. The van der Waals surface area contributed by atoms with Crippen molar-refractivity contribution in [3.63, 3.8) is 0 Å². The van der Waals surface area contributed by atoms with Crippen molar-refractivity contribution in [1.82, 2.24) is 0 Å². The van der Waals surface area contributed by atoms with Crippen LogP contribution in [0.15, 0.2) is 0 Å². The second-order valence-electron chi connectivity index (χ2n) is 3.12. The molecule has 4 heteroatoms. The zero-order chi connectivity index (χ0) is 10.6. The van der Waals surface area contributed by atoms with Crippen LogP contribution in [-0.4, -0.2) is 18.4 Å². The number of halogens is 3. The molecule has 0 saturated carbocycles. The lowest BCUT2D eigenvalue weighted by atomic mass is 10.0. The molecule has 0 aromatic heterocycles. The second-order valence-corrected chi connectivity index (χ2v) is 3.12. The fraction of sp³-hybridized carbons (Fsp3) is 1.00. The van der Waals surface area contributed by atoms with Gasteiger partial charge >= 0.3 is 6.18 Å². The van der Waals surface area contributed by atoms with Gasteiger partial charge in [0.2, 0.25) is 0 Å². The van der Waals surface area contributed by atoms with Gasteiger partial charge < -0.3 is 4.74 Å². The van der Waals surface area contributed by atoms with Gasteiger partial charge in [-0.15, -0.1) is 0 Å². The molecule has 1 saturated heterocycles. The SMILES string of the molecule is CC.CC1CC(C)C(C(F)(F)F)O1. The van der Waals surface area contributed by atoms with Crippen molar-refractivity contribution in [2.24, 2.45) is 5.92 Å². The van der Waals surface area contributed by atoms with E-state index in [0.717, 1.165) is 0 Å². The van der Waals surface area contributed by atoms with E-state index in [0.29, 0.717) is 6.42 Å². The Bertz CT molecular complexity index is 144. The van der Waals surface area contributed by atoms with Gasteiger partial charge in [0.05, 0.1) is 6.10 Å². The van der Waals surface area contributed by atoms with Gasteiger partial charge in [-0.1, -0.05) is 20.8 Å². The molecule has 0 N–H and O–H groups in total. The molecule has 0 aromatic carbocycles. The normalized spacial score (nSPS) is 33.9. The van der Waals surface area contributed by atoms with Gasteiger partial charge in [0.25, 0.3) is 0 Å². The predicted octanol–water partition coefficient (Wildman–Crippen LogP) is 3.39. The summed E-state index contributed by atoms with van der Waals surface area (Å²) in [5.41, 5.74) is 0. The summed E-state index contributed by atoms with van der Waals surface area (Å²) < 4.78 is 40.9. The molecular formula is C9H17F3O. The molecule has 0 spiro atoms. The van der Waals surface area contributed by atoms with E-state index in [9.17, 15) is 13.2 Å². The Morgan fingerprint density at radius 1 is 1.15 bits per heavy atom. The highest BCUT2D eigenvalue weighted by molar-refractivity contribution is 4.82. The van der Waals surface area contributed by atoms with E-state index in [1.165, 1.54) is 0 Å². The maximum Gasteiger partial charge on any atom is 0.414 e. The Morgan fingerprint density at radius 2 is 1.62 bits per heavy atom. The van der Waals surface area contributed by atoms with E-state index < -0.39 is 18.2 Å². The van der Waals surface area contributed by atoms with Crippen LogP contribution in [0.3, 0.4) is 0 Å².